The van der Waals surface area contributed by atoms with Crippen molar-refractivity contribution in [3.63, 3.8) is 0 Å². The standard InChI is InChI=1S/C17H29NO/c1-6-8-11-18(14(4)7-2)15(5)16-10-9-13(3)12-17(16)19/h9-10,12,14-15,19H,6-8,11H2,1-5H3. The minimum absolute atomic E-state index is 0.266. The normalized spacial score (nSPS) is 14.6. The van der Waals surface area contributed by atoms with Gasteiger partial charge in [-0.15, -0.1) is 0 Å². The monoisotopic (exact) mass is 263 g/mol. The quantitative estimate of drug-likeness (QED) is 0.773. The zero-order chi connectivity index (χ0) is 14.4. The average molecular weight is 263 g/mol. The number of phenolic OH excluding ortho intramolecular Hbond substituents is 1. The van der Waals surface area contributed by atoms with Crippen LogP contribution in [0, 0.1) is 6.92 Å². The van der Waals surface area contributed by atoms with Crippen molar-refractivity contribution >= 4 is 0 Å². The van der Waals surface area contributed by atoms with E-state index in [0.717, 1.165) is 24.1 Å². The molecule has 2 atom stereocenters. The van der Waals surface area contributed by atoms with Crippen LogP contribution >= 0.6 is 0 Å². The highest BCUT2D eigenvalue weighted by Gasteiger charge is 2.21. The molecule has 1 aromatic rings. The molecule has 0 spiro atoms. The number of phenols is 1. The van der Waals surface area contributed by atoms with Crippen molar-refractivity contribution in [2.24, 2.45) is 0 Å². The van der Waals surface area contributed by atoms with Crippen molar-refractivity contribution in [1.29, 1.82) is 0 Å². The van der Waals surface area contributed by atoms with Gasteiger partial charge in [-0.3, -0.25) is 4.90 Å². The molecule has 0 aliphatic rings. The molecule has 0 saturated carbocycles. The van der Waals surface area contributed by atoms with Gasteiger partial charge in [-0.2, -0.15) is 0 Å². The summed E-state index contributed by atoms with van der Waals surface area (Å²) in [6.45, 7) is 12.0. The van der Waals surface area contributed by atoms with Crippen LogP contribution in [0.3, 0.4) is 0 Å². The van der Waals surface area contributed by atoms with Crippen molar-refractivity contribution in [3.8, 4) is 5.75 Å². The smallest absolute Gasteiger partial charge is 0.120 e. The summed E-state index contributed by atoms with van der Waals surface area (Å²) in [7, 11) is 0. The topological polar surface area (TPSA) is 23.5 Å². The Bertz CT molecular complexity index is 389. The zero-order valence-electron chi connectivity index (χ0n) is 13.1. The van der Waals surface area contributed by atoms with Crippen molar-refractivity contribution < 1.29 is 5.11 Å². The molecule has 19 heavy (non-hydrogen) atoms. The number of hydrogen-bond donors (Lipinski definition) is 1. The van der Waals surface area contributed by atoms with E-state index < -0.39 is 0 Å². The summed E-state index contributed by atoms with van der Waals surface area (Å²) in [6, 6.07) is 6.82. The summed E-state index contributed by atoms with van der Waals surface area (Å²) >= 11 is 0. The Hall–Kier alpha value is -1.02. The predicted octanol–water partition coefficient (Wildman–Crippen LogP) is 4.66. The molecule has 1 aromatic carbocycles. The Morgan fingerprint density at radius 2 is 1.89 bits per heavy atom. The van der Waals surface area contributed by atoms with Crippen LogP contribution in [0.25, 0.3) is 0 Å². The summed E-state index contributed by atoms with van der Waals surface area (Å²) in [5, 5.41) is 10.2. The molecule has 1 N–H and O–H groups in total. The molecule has 0 heterocycles. The van der Waals surface area contributed by atoms with Crippen LogP contribution < -0.4 is 0 Å². The van der Waals surface area contributed by atoms with E-state index in [1.54, 1.807) is 0 Å². The van der Waals surface area contributed by atoms with E-state index in [1.807, 2.05) is 13.0 Å². The lowest BCUT2D eigenvalue weighted by atomic mass is 10.0. The second-order valence-corrected chi connectivity index (χ2v) is 5.59. The van der Waals surface area contributed by atoms with E-state index in [0.29, 0.717) is 11.8 Å². The third kappa shape index (κ3) is 4.24. The van der Waals surface area contributed by atoms with Crippen molar-refractivity contribution in [1.82, 2.24) is 4.90 Å². The maximum Gasteiger partial charge on any atom is 0.120 e. The molecule has 0 fully saturated rings. The molecule has 0 aliphatic heterocycles. The number of aromatic hydroxyl groups is 1. The van der Waals surface area contributed by atoms with Gasteiger partial charge in [0.2, 0.25) is 0 Å². The fraction of sp³-hybridized carbons (Fsp3) is 0.647. The van der Waals surface area contributed by atoms with Gasteiger partial charge in [0.25, 0.3) is 0 Å². The van der Waals surface area contributed by atoms with Gasteiger partial charge in [0, 0.05) is 17.6 Å². The Labute approximate surface area is 118 Å². The molecular weight excluding hydrogens is 234 g/mol. The molecule has 0 radical (unpaired) electrons. The molecule has 0 aromatic heterocycles. The van der Waals surface area contributed by atoms with Crippen LogP contribution in [0.15, 0.2) is 18.2 Å². The molecule has 0 saturated heterocycles. The van der Waals surface area contributed by atoms with Crippen molar-refractivity contribution in [3.05, 3.63) is 29.3 Å². The number of aryl methyl sites for hydroxylation is 1. The van der Waals surface area contributed by atoms with Gasteiger partial charge in [0.15, 0.2) is 0 Å². The van der Waals surface area contributed by atoms with E-state index in [-0.39, 0.29) is 6.04 Å². The predicted molar refractivity (Wildman–Crippen MR) is 82.6 cm³/mol. The first kappa shape index (κ1) is 16.0. The summed E-state index contributed by atoms with van der Waals surface area (Å²) < 4.78 is 0. The lowest BCUT2D eigenvalue weighted by Crippen LogP contribution is -2.35. The van der Waals surface area contributed by atoms with Crippen molar-refractivity contribution in [2.45, 2.75) is 66.0 Å². The summed E-state index contributed by atoms with van der Waals surface area (Å²) in [4.78, 5) is 2.51. The first-order chi connectivity index (χ1) is 9.01. The van der Waals surface area contributed by atoms with Gasteiger partial charge in [-0.1, -0.05) is 32.4 Å². The summed E-state index contributed by atoms with van der Waals surface area (Å²) in [5.41, 5.74) is 2.15. The largest absolute Gasteiger partial charge is 0.508 e. The van der Waals surface area contributed by atoms with E-state index in [9.17, 15) is 5.11 Å². The maximum atomic E-state index is 10.2. The number of nitrogens with zero attached hydrogens (tertiary/aromatic N) is 1. The molecular formula is C17H29NO. The maximum absolute atomic E-state index is 10.2. The van der Waals surface area contributed by atoms with Crippen molar-refractivity contribution in [2.75, 3.05) is 6.54 Å². The molecule has 2 heteroatoms. The third-order valence-corrected chi connectivity index (χ3v) is 4.06. The van der Waals surface area contributed by atoms with Gasteiger partial charge in [0.1, 0.15) is 5.75 Å². The molecule has 0 aliphatic carbocycles. The van der Waals surface area contributed by atoms with Gasteiger partial charge in [-0.05, 0) is 51.8 Å². The van der Waals surface area contributed by atoms with Crippen LogP contribution in [0.4, 0.5) is 0 Å². The fourth-order valence-corrected chi connectivity index (χ4v) is 2.56. The minimum Gasteiger partial charge on any atom is -0.508 e. The second-order valence-electron chi connectivity index (χ2n) is 5.59. The van der Waals surface area contributed by atoms with Crippen LogP contribution in [0.2, 0.25) is 0 Å². The van der Waals surface area contributed by atoms with Gasteiger partial charge < -0.3 is 5.11 Å². The lowest BCUT2D eigenvalue weighted by molar-refractivity contribution is 0.145. The van der Waals surface area contributed by atoms with E-state index in [4.69, 9.17) is 0 Å². The Morgan fingerprint density at radius 3 is 2.42 bits per heavy atom. The zero-order valence-corrected chi connectivity index (χ0v) is 13.1. The molecule has 1 rings (SSSR count). The first-order valence-corrected chi connectivity index (χ1v) is 7.56. The number of hydrogen-bond acceptors (Lipinski definition) is 2. The van der Waals surface area contributed by atoms with Gasteiger partial charge in [-0.25, -0.2) is 0 Å². The fourth-order valence-electron chi connectivity index (χ4n) is 2.56. The van der Waals surface area contributed by atoms with Gasteiger partial charge >= 0.3 is 0 Å². The molecule has 2 nitrogen and oxygen atoms in total. The van der Waals surface area contributed by atoms with E-state index in [2.05, 4.69) is 44.7 Å². The van der Waals surface area contributed by atoms with Crippen LogP contribution in [-0.2, 0) is 0 Å². The second kappa shape index (κ2) is 7.54. The minimum atomic E-state index is 0.266. The van der Waals surface area contributed by atoms with Crippen LogP contribution in [-0.4, -0.2) is 22.6 Å². The molecule has 0 amide bonds. The Morgan fingerprint density at radius 1 is 1.21 bits per heavy atom. The first-order valence-electron chi connectivity index (χ1n) is 7.56. The Balaban J connectivity index is 2.93. The summed E-state index contributed by atoms with van der Waals surface area (Å²) in [6.07, 6.45) is 3.56. The number of unbranched alkanes of at least 4 members (excludes halogenated alkanes) is 1. The van der Waals surface area contributed by atoms with Gasteiger partial charge in [0.05, 0.1) is 0 Å². The SMILES string of the molecule is CCCCN(C(C)CC)C(C)c1ccc(C)cc1O. The third-order valence-electron chi connectivity index (χ3n) is 4.06. The summed E-state index contributed by atoms with van der Waals surface area (Å²) in [5.74, 6) is 0.428. The lowest BCUT2D eigenvalue weighted by Gasteiger charge is -2.34. The molecule has 2 unspecified atom stereocenters. The van der Waals surface area contributed by atoms with Crippen LogP contribution in [0.1, 0.15) is 64.1 Å². The number of rotatable bonds is 7. The Kier molecular flexibility index (Phi) is 6.36. The highest BCUT2D eigenvalue weighted by atomic mass is 16.3. The number of benzene rings is 1. The van der Waals surface area contributed by atoms with Crippen LogP contribution in [0.5, 0.6) is 5.75 Å². The van der Waals surface area contributed by atoms with E-state index in [1.165, 1.54) is 12.8 Å². The highest BCUT2D eigenvalue weighted by molar-refractivity contribution is 5.37. The molecule has 0 bridgehead atoms. The highest BCUT2D eigenvalue weighted by Crippen LogP contribution is 2.31. The molecule has 108 valence electrons. The average Bonchev–Trinajstić information content (AvgIpc) is 2.38. The van der Waals surface area contributed by atoms with E-state index >= 15 is 0 Å².